The third kappa shape index (κ3) is 10.7. The number of primary amides is 1. The summed E-state index contributed by atoms with van der Waals surface area (Å²) in [5, 5.41) is 24.9. The SMILES string of the molecule is CC(C)CC(NC(=O)C(N)CC(=O)O)C(=O)NC(CC(N)=O)C(=O)NC(C(=O)O)C(C)C. The first-order chi connectivity index (χ1) is 14.6. The van der Waals surface area contributed by atoms with Gasteiger partial charge in [0.1, 0.15) is 18.1 Å². The van der Waals surface area contributed by atoms with Crippen molar-refractivity contribution in [3.8, 4) is 0 Å². The van der Waals surface area contributed by atoms with Crippen LogP contribution in [0.4, 0.5) is 0 Å². The van der Waals surface area contributed by atoms with Gasteiger partial charge in [0.25, 0.3) is 0 Å². The number of aliphatic carboxylic acids is 2. The zero-order valence-electron chi connectivity index (χ0n) is 18.6. The highest BCUT2D eigenvalue weighted by molar-refractivity contribution is 5.96. The van der Waals surface area contributed by atoms with E-state index in [4.69, 9.17) is 16.6 Å². The number of nitrogens with two attached hydrogens (primary N) is 2. The van der Waals surface area contributed by atoms with E-state index < -0.39 is 78.5 Å². The molecule has 4 amide bonds. The van der Waals surface area contributed by atoms with E-state index >= 15 is 0 Å². The molecule has 0 radical (unpaired) electrons. The summed E-state index contributed by atoms with van der Waals surface area (Å²) in [4.78, 5) is 71.0. The molecule has 0 fully saturated rings. The molecule has 9 N–H and O–H groups in total. The van der Waals surface area contributed by atoms with E-state index in [9.17, 15) is 33.9 Å². The molecule has 0 spiro atoms. The molecule has 182 valence electrons. The Labute approximate surface area is 185 Å². The average Bonchev–Trinajstić information content (AvgIpc) is 2.62. The van der Waals surface area contributed by atoms with Gasteiger partial charge < -0.3 is 37.6 Å². The Morgan fingerprint density at radius 3 is 1.69 bits per heavy atom. The van der Waals surface area contributed by atoms with Crippen molar-refractivity contribution in [2.75, 3.05) is 0 Å². The first-order valence-electron chi connectivity index (χ1n) is 10.0. The molecule has 0 aliphatic heterocycles. The molecule has 0 aromatic carbocycles. The van der Waals surface area contributed by atoms with Gasteiger partial charge in [-0.05, 0) is 18.3 Å². The highest BCUT2D eigenvalue weighted by Crippen LogP contribution is 2.08. The molecule has 0 bridgehead atoms. The van der Waals surface area contributed by atoms with E-state index in [0.717, 1.165) is 0 Å². The first kappa shape index (κ1) is 28.8. The quantitative estimate of drug-likeness (QED) is 0.151. The second-order valence-electron chi connectivity index (χ2n) is 8.20. The molecule has 0 saturated heterocycles. The predicted octanol–water partition coefficient (Wildman–Crippen LogP) is -2.10. The summed E-state index contributed by atoms with van der Waals surface area (Å²) < 4.78 is 0. The predicted molar refractivity (Wildman–Crippen MR) is 112 cm³/mol. The molecule has 4 unspecified atom stereocenters. The molecular formula is C19H33N5O8. The summed E-state index contributed by atoms with van der Waals surface area (Å²) >= 11 is 0. The van der Waals surface area contributed by atoms with Crippen LogP contribution in [0.15, 0.2) is 0 Å². The number of hydrogen-bond acceptors (Lipinski definition) is 7. The van der Waals surface area contributed by atoms with Crippen LogP contribution in [0.25, 0.3) is 0 Å². The third-order valence-electron chi connectivity index (χ3n) is 4.34. The molecular weight excluding hydrogens is 426 g/mol. The number of carbonyl (C=O) groups is 6. The van der Waals surface area contributed by atoms with E-state index in [-0.39, 0.29) is 12.3 Å². The largest absolute Gasteiger partial charge is 0.481 e. The van der Waals surface area contributed by atoms with Crippen LogP contribution < -0.4 is 27.4 Å². The highest BCUT2D eigenvalue weighted by Gasteiger charge is 2.32. The summed E-state index contributed by atoms with van der Waals surface area (Å²) in [6.45, 7) is 6.65. The monoisotopic (exact) mass is 459 g/mol. The van der Waals surface area contributed by atoms with Gasteiger partial charge in [-0.3, -0.25) is 24.0 Å². The zero-order chi connectivity index (χ0) is 25.2. The number of carbonyl (C=O) groups excluding carboxylic acids is 4. The summed E-state index contributed by atoms with van der Waals surface area (Å²) in [7, 11) is 0. The maximum atomic E-state index is 12.8. The lowest BCUT2D eigenvalue weighted by atomic mass is 10.0. The maximum Gasteiger partial charge on any atom is 0.326 e. The summed E-state index contributed by atoms with van der Waals surface area (Å²) in [6, 6.07) is -5.34. The molecule has 0 heterocycles. The van der Waals surface area contributed by atoms with Gasteiger partial charge in [-0.25, -0.2) is 4.79 Å². The summed E-state index contributed by atoms with van der Waals surface area (Å²) in [5.41, 5.74) is 10.7. The van der Waals surface area contributed by atoms with Crippen LogP contribution in [0.1, 0.15) is 47.0 Å². The number of hydrogen-bond donors (Lipinski definition) is 7. The minimum Gasteiger partial charge on any atom is -0.481 e. The van der Waals surface area contributed by atoms with Gasteiger partial charge in [-0.1, -0.05) is 27.7 Å². The van der Waals surface area contributed by atoms with Crippen molar-refractivity contribution in [2.45, 2.75) is 71.1 Å². The van der Waals surface area contributed by atoms with Gasteiger partial charge in [-0.2, -0.15) is 0 Å². The van der Waals surface area contributed by atoms with Crippen molar-refractivity contribution < 1.29 is 39.0 Å². The minimum atomic E-state index is -1.49. The number of nitrogens with one attached hydrogen (secondary N) is 3. The topological polar surface area (TPSA) is 231 Å². The second-order valence-corrected chi connectivity index (χ2v) is 8.20. The van der Waals surface area contributed by atoms with Crippen molar-refractivity contribution in [1.29, 1.82) is 0 Å². The van der Waals surface area contributed by atoms with Crippen molar-refractivity contribution in [2.24, 2.45) is 23.3 Å². The highest BCUT2D eigenvalue weighted by atomic mass is 16.4. The van der Waals surface area contributed by atoms with Crippen LogP contribution in [0.5, 0.6) is 0 Å². The normalized spacial score (nSPS) is 14.7. The van der Waals surface area contributed by atoms with Crippen LogP contribution in [0, 0.1) is 11.8 Å². The molecule has 0 aromatic rings. The van der Waals surface area contributed by atoms with Crippen LogP contribution >= 0.6 is 0 Å². The fraction of sp³-hybridized carbons (Fsp3) is 0.684. The van der Waals surface area contributed by atoms with E-state index in [1.807, 2.05) is 0 Å². The number of carboxylic acid groups (broad SMARTS) is 2. The summed E-state index contributed by atoms with van der Waals surface area (Å²) in [5.74, 6) is -6.75. The third-order valence-corrected chi connectivity index (χ3v) is 4.34. The molecule has 13 nitrogen and oxygen atoms in total. The molecule has 32 heavy (non-hydrogen) atoms. The van der Waals surface area contributed by atoms with Crippen molar-refractivity contribution in [3.05, 3.63) is 0 Å². The number of amides is 4. The lowest BCUT2D eigenvalue weighted by molar-refractivity contribution is -0.143. The van der Waals surface area contributed by atoms with Crippen LogP contribution in [0.3, 0.4) is 0 Å². The molecule has 0 aliphatic rings. The van der Waals surface area contributed by atoms with E-state index in [2.05, 4.69) is 16.0 Å². The standard InChI is InChI=1S/C19H33N5O8/c1-8(2)5-11(22-16(28)10(20)6-14(26)27)17(29)23-12(7-13(21)25)18(30)24-15(9(3)4)19(31)32/h8-12,15H,5-7,20H2,1-4H3,(H2,21,25)(H,22,28)(H,23,29)(H,24,30)(H,26,27)(H,31,32). The van der Waals surface area contributed by atoms with Gasteiger partial charge in [0.05, 0.1) is 18.9 Å². The molecule has 0 saturated carbocycles. The van der Waals surface area contributed by atoms with Gasteiger partial charge >= 0.3 is 11.9 Å². The maximum absolute atomic E-state index is 12.8. The van der Waals surface area contributed by atoms with Crippen molar-refractivity contribution in [3.63, 3.8) is 0 Å². The molecule has 13 heteroatoms. The Hall–Kier alpha value is -3.22. The second kappa shape index (κ2) is 13.2. The molecule has 4 atom stereocenters. The Kier molecular flexibility index (Phi) is 11.9. The van der Waals surface area contributed by atoms with E-state index in [1.54, 1.807) is 27.7 Å². The molecule has 0 rings (SSSR count). The Bertz CT molecular complexity index is 725. The lowest BCUT2D eigenvalue weighted by Gasteiger charge is -2.26. The van der Waals surface area contributed by atoms with Gasteiger partial charge in [0.2, 0.25) is 23.6 Å². The lowest BCUT2D eigenvalue weighted by Crippen LogP contribution is -2.58. The Balaban J connectivity index is 5.53. The first-order valence-corrected chi connectivity index (χ1v) is 10.0. The number of rotatable bonds is 14. The Morgan fingerprint density at radius 1 is 0.781 bits per heavy atom. The van der Waals surface area contributed by atoms with Gasteiger partial charge in [0.15, 0.2) is 0 Å². The fourth-order valence-corrected chi connectivity index (χ4v) is 2.71. The summed E-state index contributed by atoms with van der Waals surface area (Å²) in [6.07, 6.45) is -1.14. The Morgan fingerprint density at radius 2 is 1.28 bits per heavy atom. The zero-order valence-corrected chi connectivity index (χ0v) is 18.6. The van der Waals surface area contributed by atoms with Gasteiger partial charge in [-0.15, -0.1) is 0 Å². The smallest absolute Gasteiger partial charge is 0.326 e. The van der Waals surface area contributed by atoms with Crippen LogP contribution in [-0.4, -0.2) is 69.9 Å². The van der Waals surface area contributed by atoms with Crippen LogP contribution in [0.2, 0.25) is 0 Å². The van der Waals surface area contributed by atoms with E-state index in [0.29, 0.717) is 0 Å². The number of carboxylic acids is 2. The van der Waals surface area contributed by atoms with Crippen LogP contribution in [-0.2, 0) is 28.8 Å². The molecule has 0 aliphatic carbocycles. The van der Waals surface area contributed by atoms with Crippen molar-refractivity contribution >= 4 is 35.6 Å². The fourth-order valence-electron chi connectivity index (χ4n) is 2.71. The minimum absolute atomic E-state index is 0.0949. The molecule has 0 aromatic heterocycles. The van der Waals surface area contributed by atoms with E-state index in [1.165, 1.54) is 0 Å². The average molecular weight is 460 g/mol. The van der Waals surface area contributed by atoms with Gasteiger partial charge in [0, 0.05) is 0 Å². The van der Waals surface area contributed by atoms with Crippen molar-refractivity contribution in [1.82, 2.24) is 16.0 Å².